The van der Waals surface area contributed by atoms with E-state index in [2.05, 4.69) is 41.4 Å². The maximum absolute atomic E-state index is 12.9. The minimum Gasteiger partial charge on any atom is -0.342 e. The summed E-state index contributed by atoms with van der Waals surface area (Å²) in [6.07, 6.45) is 3.49. The lowest BCUT2D eigenvalue weighted by molar-refractivity contribution is -0.137. The summed E-state index contributed by atoms with van der Waals surface area (Å²) in [6, 6.07) is 8.36. The van der Waals surface area contributed by atoms with E-state index in [0.29, 0.717) is 0 Å². The lowest BCUT2D eigenvalue weighted by Gasteiger charge is -2.37. The van der Waals surface area contributed by atoms with Crippen molar-refractivity contribution in [1.82, 2.24) is 10.2 Å². The van der Waals surface area contributed by atoms with Gasteiger partial charge in [0.25, 0.3) is 0 Å². The van der Waals surface area contributed by atoms with E-state index in [9.17, 15) is 4.79 Å². The molecule has 1 aliphatic rings. The predicted octanol–water partition coefficient (Wildman–Crippen LogP) is 3.12. The van der Waals surface area contributed by atoms with E-state index in [1.165, 1.54) is 12.0 Å². The quantitative estimate of drug-likeness (QED) is 0.906. The van der Waals surface area contributed by atoms with Crippen molar-refractivity contribution in [3.63, 3.8) is 0 Å². The monoisotopic (exact) mass is 302 g/mol. The van der Waals surface area contributed by atoms with Crippen molar-refractivity contribution in [1.29, 1.82) is 0 Å². The summed E-state index contributed by atoms with van der Waals surface area (Å²) in [6.45, 7) is 9.06. The van der Waals surface area contributed by atoms with Crippen molar-refractivity contribution in [3.8, 4) is 0 Å². The maximum Gasteiger partial charge on any atom is 0.232 e. The molecule has 1 heterocycles. The number of nitrogens with one attached hydrogen (secondary N) is 1. The highest BCUT2D eigenvalue weighted by molar-refractivity contribution is 5.87. The molecule has 1 aromatic carbocycles. The molecule has 0 radical (unpaired) electrons. The first-order valence-corrected chi connectivity index (χ1v) is 8.46. The van der Waals surface area contributed by atoms with Crippen molar-refractivity contribution >= 4 is 5.91 Å². The Morgan fingerprint density at radius 1 is 1.23 bits per heavy atom. The number of nitrogens with zero attached hydrogens (tertiary/aromatic N) is 1. The van der Waals surface area contributed by atoms with Crippen molar-refractivity contribution in [2.24, 2.45) is 5.92 Å². The van der Waals surface area contributed by atoms with Gasteiger partial charge in [-0.25, -0.2) is 0 Å². The first-order chi connectivity index (χ1) is 10.4. The minimum atomic E-state index is -0.439. The number of aryl methyl sites for hydroxylation is 1. The van der Waals surface area contributed by atoms with E-state index < -0.39 is 5.41 Å². The minimum absolute atomic E-state index is 0.267. The van der Waals surface area contributed by atoms with Crippen LogP contribution in [0.15, 0.2) is 24.3 Å². The number of carbonyl (C=O) groups is 1. The molecular formula is C19H30N2O. The zero-order chi connectivity index (χ0) is 16.2. The molecule has 1 aromatic rings. The Kier molecular flexibility index (Phi) is 5.63. The molecule has 0 spiro atoms. The third-order valence-electron chi connectivity index (χ3n) is 5.01. The van der Waals surface area contributed by atoms with Crippen LogP contribution in [-0.4, -0.2) is 37.5 Å². The van der Waals surface area contributed by atoms with Gasteiger partial charge >= 0.3 is 0 Å². The Labute approximate surface area is 135 Å². The molecule has 0 atom stereocenters. The summed E-state index contributed by atoms with van der Waals surface area (Å²) < 4.78 is 0. The molecule has 0 saturated carbocycles. The second-order valence-electron chi connectivity index (χ2n) is 7.12. The largest absolute Gasteiger partial charge is 0.342 e. The van der Waals surface area contributed by atoms with Gasteiger partial charge in [-0.15, -0.1) is 0 Å². The van der Waals surface area contributed by atoms with Crippen molar-refractivity contribution in [2.45, 2.75) is 45.4 Å². The van der Waals surface area contributed by atoms with Gasteiger partial charge in [-0.2, -0.15) is 0 Å². The molecule has 2 rings (SSSR count). The van der Waals surface area contributed by atoms with Crippen LogP contribution in [0.3, 0.4) is 0 Å². The molecule has 1 fully saturated rings. The second kappa shape index (κ2) is 7.28. The van der Waals surface area contributed by atoms with Crippen LogP contribution >= 0.6 is 0 Å². The van der Waals surface area contributed by atoms with E-state index in [0.717, 1.165) is 44.0 Å². The lowest BCUT2D eigenvalue weighted by atomic mass is 9.82. The number of amides is 1. The molecule has 122 valence electrons. The molecule has 0 aliphatic carbocycles. The smallest absolute Gasteiger partial charge is 0.232 e. The van der Waals surface area contributed by atoms with E-state index >= 15 is 0 Å². The lowest BCUT2D eigenvalue weighted by Crippen LogP contribution is -2.47. The fourth-order valence-corrected chi connectivity index (χ4v) is 3.26. The third-order valence-corrected chi connectivity index (χ3v) is 5.01. The van der Waals surface area contributed by atoms with Crippen molar-refractivity contribution in [3.05, 3.63) is 35.4 Å². The number of benzene rings is 1. The highest BCUT2D eigenvalue weighted by atomic mass is 16.2. The van der Waals surface area contributed by atoms with Gasteiger partial charge < -0.3 is 10.2 Å². The van der Waals surface area contributed by atoms with Crippen LogP contribution in [0.25, 0.3) is 0 Å². The molecular weight excluding hydrogens is 272 g/mol. The summed E-state index contributed by atoms with van der Waals surface area (Å²) in [7, 11) is 2.00. The van der Waals surface area contributed by atoms with Crippen LogP contribution in [0.4, 0.5) is 0 Å². The zero-order valence-electron chi connectivity index (χ0n) is 14.5. The highest BCUT2D eigenvalue weighted by Gasteiger charge is 2.35. The molecule has 1 amide bonds. The predicted molar refractivity (Wildman–Crippen MR) is 92.1 cm³/mol. The van der Waals surface area contributed by atoms with E-state index in [-0.39, 0.29) is 5.91 Å². The Bertz CT molecular complexity index is 485. The van der Waals surface area contributed by atoms with Gasteiger partial charge in [0.2, 0.25) is 5.91 Å². The van der Waals surface area contributed by atoms with Gasteiger partial charge in [-0.05, 0) is 65.1 Å². The molecule has 22 heavy (non-hydrogen) atoms. The summed E-state index contributed by atoms with van der Waals surface area (Å²) >= 11 is 0. The first kappa shape index (κ1) is 17.0. The van der Waals surface area contributed by atoms with Crippen molar-refractivity contribution in [2.75, 3.05) is 26.7 Å². The molecule has 1 N–H and O–H groups in total. The summed E-state index contributed by atoms with van der Waals surface area (Å²) in [4.78, 5) is 15.0. The van der Waals surface area contributed by atoms with Gasteiger partial charge in [0, 0.05) is 13.1 Å². The molecule has 3 heteroatoms. The van der Waals surface area contributed by atoms with E-state index in [4.69, 9.17) is 0 Å². The van der Waals surface area contributed by atoms with Crippen LogP contribution in [-0.2, 0) is 10.2 Å². The standard InChI is InChI=1S/C19H30N2O/c1-15-5-7-17(8-6-15)19(2,3)18(22)21-13-10-16(11-14-21)9-12-20-4/h5-8,16,20H,9-14H2,1-4H3. The number of hydrogen-bond donors (Lipinski definition) is 1. The Balaban J connectivity index is 1.98. The molecule has 0 unspecified atom stereocenters. The van der Waals surface area contributed by atoms with Gasteiger partial charge in [0.15, 0.2) is 0 Å². The van der Waals surface area contributed by atoms with Gasteiger partial charge in [-0.1, -0.05) is 29.8 Å². The van der Waals surface area contributed by atoms with Crippen LogP contribution in [0.1, 0.15) is 44.2 Å². The van der Waals surface area contributed by atoms with Crippen molar-refractivity contribution < 1.29 is 4.79 Å². The topological polar surface area (TPSA) is 32.3 Å². The third kappa shape index (κ3) is 3.89. The molecule has 0 aromatic heterocycles. The van der Waals surface area contributed by atoms with E-state index in [1.807, 2.05) is 20.9 Å². The first-order valence-electron chi connectivity index (χ1n) is 8.46. The molecule has 1 saturated heterocycles. The van der Waals surface area contributed by atoms with E-state index in [1.54, 1.807) is 0 Å². The average molecular weight is 302 g/mol. The maximum atomic E-state index is 12.9. The van der Waals surface area contributed by atoms with Gasteiger partial charge in [0.1, 0.15) is 0 Å². The summed E-state index contributed by atoms with van der Waals surface area (Å²) in [5, 5.41) is 3.22. The zero-order valence-corrected chi connectivity index (χ0v) is 14.5. The summed E-state index contributed by atoms with van der Waals surface area (Å²) in [5.41, 5.74) is 1.91. The second-order valence-corrected chi connectivity index (χ2v) is 7.12. The number of piperidine rings is 1. The fraction of sp³-hybridized carbons (Fsp3) is 0.632. The van der Waals surface area contributed by atoms with Gasteiger partial charge in [-0.3, -0.25) is 4.79 Å². The van der Waals surface area contributed by atoms with Crippen LogP contribution in [0, 0.1) is 12.8 Å². The van der Waals surface area contributed by atoms with Crippen LogP contribution < -0.4 is 5.32 Å². The Morgan fingerprint density at radius 2 is 1.82 bits per heavy atom. The molecule has 3 nitrogen and oxygen atoms in total. The molecule has 1 aliphatic heterocycles. The average Bonchev–Trinajstić information content (AvgIpc) is 2.53. The van der Waals surface area contributed by atoms with Crippen LogP contribution in [0.2, 0.25) is 0 Å². The normalized spacial score (nSPS) is 16.8. The number of hydrogen-bond acceptors (Lipinski definition) is 2. The SMILES string of the molecule is CNCCC1CCN(C(=O)C(C)(C)c2ccc(C)cc2)CC1. The van der Waals surface area contributed by atoms with Gasteiger partial charge in [0.05, 0.1) is 5.41 Å². The Morgan fingerprint density at radius 3 is 2.36 bits per heavy atom. The fourth-order valence-electron chi connectivity index (χ4n) is 3.26. The Hall–Kier alpha value is -1.35. The summed E-state index contributed by atoms with van der Waals surface area (Å²) in [5.74, 6) is 1.03. The number of carbonyl (C=O) groups excluding carboxylic acids is 1. The number of likely N-dealkylation sites (tertiary alicyclic amines) is 1. The highest BCUT2D eigenvalue weighted by Crippen LogP contribution is 2.29. The molecule has 0 bridgehead atoms. The van der Waals surface area contributed by atoms with Crippen LogP contribution in [0.5, 0.6) is 0 Å². The number of rotatable bonds is 5.